The summed E-state index contributed by atoms with van der Waals surface area (Å²) in [5.74, 6) is 1.40. The zero-order valence-electron chi connectivity index (χ0n) is 11.8. The van der Waals surface area contributed by atoms with Crippen LogP contribution in [0.1, 0.15) is 5.56 Å². The van der Waals surface area contributed by atoms with Crippen molar-refractivity contribution in [2.75, 3.05) is 44.8 Å². The van der Waals surface area contributed by atoms with Crippen molar-refractivity contribution in [1.29, 1.82) is 0 Å². The van der Waals surface area contributed by atoms with Crippen LogP contribution in [0.15, 0.2) is 24.3 Å². The van der Waals surface area contributed by atoms with E-state index in [1.807, 2.05) is 31.3 Å². The fourth-order valence-electron chi connectivity index (χ4n) is 2.17. The zero-order chi connectivity index (χ0) is 14.4. The van der Waals surface area contributed by atoms with Gasteiger partial charge in [-0.2, -0.15) is 0 Å². The minimum absolute atomic E-state index is 0.270. The van der Waals surface area contributed by atoms with Gasteiger partial charge in [-0.25, -0.2) is 8.42 Å². The Kier molecular flexibility index (Phi) is 5.39. The highest BCUT2D eigenvalue weighted by Gasteiger charge is 2.20. The molecule has 1 fully saturated rings. The molecule has 0 aromatic heterocycles. The molecule has 1 N–H and O–H groups in total. The van der Waals surface area contributed by atoms with Gasteiger partial charge in [0.15, 0.2) is 9.84 Å². The Hall–Kier alpha value is -1.11. The highest BCUT2D eigenvalue weighted by atomic mass is 32.2. The average Bonchev–Trinajstić information content (AvgIpc) is 2.43. The SMILES string of the molecule is CNCc1ccc(OCCN2CCS(=O)(=O)CC2)cc1. The van der Waals surface area contributed by atoms with E-state index in [4.69, 9.17) is 4.74 Å². The molecule has 0 bridgehead atoms. The second-order valence-electron chi connectivity index (χ2n) is 5.02. The smallest absolute Gasteiger partial charge is 0.152 e. The highest BCUT2D eigenvalue weighted by Crippen LogP contribution is 2.12. The van der Waals surface area contributed by atoms with E-state index in [2.05, 4.69) is 10.2 Å². The van der Waals surface area contributed by atoms with Gasteiger partial charge in [-0.05, 0) is 24.7 Å². The van der Waals surface area contributed by atoms with Gasteiger partial charge in [-0.3, -0.25) is 4.90 Å². The normalized spacial score (nSPS) is 18.9. The lowest BCUT2D eigenvalue weighted by atomic mass is 10.2. The monoisotopic (exact) mass is 298 g/mol. The van der Waals surface area contributed by atoms with Crippen LogP contribution in [-0.4, -0.2) is 58.1 Å². The maximum Gasteiger partial charge on any atom is 0.152 e. The summed E-state index contributed by atoms with van der Waals surface area (Å²) in [6, 6.07) is 8.01. The maximum atomic E-state index is 11.3. The number of rotatable bonds is 6. The fourth-order valence-corrected chi connectivity index (χ4v) is 3.45. The molecule has 0 unspecified atom stereocenters. The Labute approximate surface area is 120 Å². The third kappa shape index (κ3) is 4.77. The van der Waals surface area contributed by atoms with Crippen LogP contribution in [0.2, 0.25) is 0 Å². The molecule has 5 nitrogen and oxygen atoms in total. The average molecular weight is 298 g/mol. The van der Waals surface area contributed by atoms with Crippen LogP contribution >= 0.6 is 0 Å². The van der Waals surface area contributed by atoms with Crippen molar-refractivity contribution in [2.24, 2.45) is 0 Å². The third-order valence-electron chi connectivity index (χ3n) is 3.42. The van der Waals surface area contributed by atoms with Gasteiger partial charge >= 0.3 is 0 Å². The number of nitrogens with one attached hydrogen (secondary N) is 1. The van der Waals surface area contributed by atoms with E-state index in [9.17, 15) is 8.42 Å². The lowest BCUT2D eigenvalue weighted by Crippen LogP contribution is -2.42. The molecule has 0 spiro atoms. The fraction of sp³-hybridized carbons (Fsp3) is 0.571. The Morgan fingerprint density at radius 2 is 1.85 bits per heavy atom. The summed E-state index contributed by atoms with van der Waals surface area (Å²) in [5.41, 5.74) is 1.22. The third-order valence-corrected chi connectivity index (χ3v) is 5.03. The molecule has 0 saturated carbocycles. The van der Waals surface area contributed by atoms with Gasteiger partial charge in [0.25, 0.3) is 0 Å². The number of ether oxygens (including phenoxy) is 1. The molecule has 0 atom stereocenters. The van der Waals surface area contributed by atoms with Gasteiger partial charge in [0, 0.05) is 26.2 Å². The Bertz CT molecular complexity index is 500. The van der Waals surface area contributed by atoms with Gasteiger partial charge in [-0.1, -0.05) is 12.1 Å². The van der Waals surface area contributed by atoms with E-state index >= 15 is 0 Å². The maximum absolute atomic E-state index is 11.3. The molecule has 1 aromatic carbocycles. The molecule has 20 heavy (non-hydrogen) atoms. The van der Waals surface area contributed by atoms with Crippen LogP contribution in [0.5, 0.6) is 5.75 Å². The van der Waals surface area contributed by atoms with Crippen LogP contribution in [0.3, 0.4) is 0 Å². The minimum atomic E-state index is -2.79. The van der Waals surface area contributed by atoms with Crippen molar-refractivity contribution in [2.45, 2.75) is 6.54 Å². The Balaban J connectivity index is 1.70. The molecule has 0 aliphatic carbocycles. The molecule has 112 valence electrons. The van der Waals surface area contributed by atoms with Crippen LogP contribution in [0.25, 0.3) is 0 Å². The first-order valence-electron chi connectivity index (χ1n) is 6.88. The Morgan fingerprint density at radius 1 is 1.20 bits per heavy atom. The van der Waals surface area contributed by atoms with E-state index in [0.29, 0.717) is 19.7 Å². The van der Waals surface area contributed by atoms with Crippen LogP contribution in [-0.2, 0) is 16.4 Å². The van der Waals surface area contributed by atoms with Crippen molar-refractivity contribution >= 4 is 9.84 Å². The minimum Gasteiger partial charge on any atom is -0.492 e. The molecule has 0 radical (unpaired) electrons. The summed E-state index contributed by atoms with van der Waals surface area (Å²) >= 11 is 0. The number of sulfone groups is 1. The van der Waals surface area contributed by atoms with Crippen molar-refractivity contribution in [3.05, 3.63) is 29.8 Å². The highest BCUT2D eigenvalue weighted by molar-refractivity contribution is 7.91. The lowest BCUT2D eigenvalue weighted by molar-refractivity contribution is 0.219. The van der Waals surface area contributed by atoms with Gasteiger partial charge < -0.3 is 10.1 Å². The molecule has 2 rings (SSSR count). The quantitative estimate of drug-likeness (QED) is 0.829. The molecule has 6 heteroatoms. The van der Waals surface area contributed by atoms with Crippen molar-refractivity contribution < 1.29 is 13.2 Å². The molecule has 1 saturated heterocycles. The molecule has 1 aliphatic heterocycles. The van der Waals surface area contributed by atoms with Crippen molar-refractivity contribution in [1.82, 2.24) is 10.2 Å². The van der Waals surface area contributed by atoms with E-state index in [1.54, 1.807) is 0 Å². The molecule has 1 aliphatic rings. The first kappa shape index (κ1) is 15.3. The van der Waals surface area contributed by atoms with Crippen LogP contribution < -0.4 is 10.1 Å². The summed E-state index contributed by atoms with van der Waals surface area (Å²) in [5, 5.41) is 3.10. The summed E-state index contributed by atoms with van der Waals surface area (Å²) in [7, 11) is -0.872. The second-order valence-corrected chi connectivity index (χ2v) is 7.32. The molecule has 1 aromatic rings. The molecular formula is C14H22N2O3S. The summed E-state index contributed by atoms with van der Waals surface area (Å²) < 4.78 is 28.3. The van der Waals surface area contributed by atoms with Crippen LogP contribution in [0.4, 0.5) is 0 Å². The second kappa shape index (κ2) is 7.06. The van der Waals surface area contributed by atoms with Gasteiger partial charge in [-0.15, -0.1) is 0 Å². The summed E-state index contributed by atoms with van der Waals surface area (Å²) in [4.78, 5) is 2.14. The van der Waals surface area contributed by atoms with E-state index in [0.717, 1.165) is 18.8 Å². The summed E-state index contributed by atoms with van der Waals surface area (Å²) in [6.45, 7) is 3.45. The topological polar surface area (TPSA) is 58.6 Å². The van der Waals surface area contributed by atoms with Gasteiger partial charge in [0.05, 0.1) is 11.5 Å². The number of benzene rings is 1. The van der Waals surface area contributed by atoms with Crippen molar-refractivity contribution in [3.63, 3.8) is 0 Å². The molecular weight excluding hydrogens is 276 g/mol. The largest absolute Gasteiger partial charge is 0.492 e. The molecule has 1 heterocycles. The Morgan fingerprint density at radius 3 is 2.45 bits per heavy atom. The number of nitrogens with zero attached hydrogens (tertiary/aromatic N) is 1. The van der Waals surface area contributed by atoms with E-state index in [-0.39, 0.29) is 11.5 Å². The van der Waals surface area contributed by atoms with E-state index in [1.165, 1.54) is 5.56 Å². The molecule has 0 amide bonds. The lowest BCUT2D eigenvalue weighted by Gasteiger charge is -2.26. The number of hydrogen-bond acceptors (Lipinski definition) is 5. The standard InChI is InChI=1S/C14H22N2O3S/c1-15-12-13-2-4-14(5-3-13)19-9-6-16-7-10-20(17,18)11-8-16/h2-5,15H,6-12H2,1H3. The predicted molar refractivity (Wildman–Crippen MR) is 79.8 cm³/mol. The van der Waals surface area contributed by atoms with E-state index < -0.39 is 9.84 Å². The van der Waals surface area contributed by atoms with Crippen molar-refractivity contribution in [3.8, 4) is 5.75 Å². The number of hydrogen-bond donors (Lipinski definition) is 1. The first-order valence-corrected chi connectivity index (χ1v) is 8.70. The van der Waals surface area contributed by atoms with Gasteiger partial charge in [0.1, 0.15) is 12.4 Å². The first-order chi connectivity index (χ1) is 9.59. The van der Waals surface area contributed by atoms with Gasteiger partial charge in [0.2, 0.25) is 0 Å². The predicted octanol–water partition coefficient (Wildman–Crippen LogP) is 0.515. The zero-order valence-corrected chi connectivity index (χ0v) is 12.7. The summed E-state index contributed by atoms with van der Waals surface area (Å²) in [6.07, 6.45) is 0. The van der Waals surface area contributed by atoms with Crippen LogP contribution in [0, 0.1) is 0 Å².